The molecule has 1 saturated carbocycles. The molecule has 2 aromatic carbocycles. The average Bonchev–Trinajstić information content (AvgIpc) is 3.60. The Hall–Kier alpha value is -3.96. The summed E-state index contributed by atoms with van der Waals surface area (Å²) in [5.74, 6) is 0.915. The summed E-state index contributed by atoms with van der Waals surface area (Å²) < 4.78 is 5.78. The first-order valence-corrected chi connectivity index (χ1v) is 14.7. The molecule has 11 heteroatoms. The second kappa shape index (κ2) is 12.7. The fourth-order valence-electron chi connectivity index (χ4n) is 4.80. The molecule has 3 aromatic rings. The van der Waals surface area contributed by atoms with E-state index in [1.807, 2.05) is 55.1 Å². The van der Waals surface area contributed by atoms with Crippen LogP contribution in [0.3, 0.4) is 0 Å². The molecule has 0 saturated heterocycles. The maximum Gasteiger partial charge on any atom is 0.426 e. The standard InChI is InChI=1S/C30H35N5O5S/c1-4-31-30(38)40-34(3)14-15-39-24-7-5-6-20(16-24)17-26(36)32-29-33-27(19(2)41-29)23-10-11-25-22(18-23)12-13-35(25)28(37)21-8-9-21/h5-7,10-11,16,18,21H,4,8-9,12-15,17H2,1-3H3,(H,31,38)(H,32,33,36). The van der Waals surface area contributed by atoms with Crippen LogP contribution in [0.15, 0.2) is 42.5 Å². The van der Waals surface area contributed by atoms with E-state index in [9.17, 15) is 14.4 Å². The Morgan fingerprint density at radius 2 is 2.00 bits per heavy atom. The molecule has 0 radical (unpaired) electrons. The van der Waals surface area contributed by atoms with Gasteiger partial charge in [0, 0.05) is 42.2 Å². The third-order valence-electron chi connectivity index (χ3n) is 6.98. The van der Waals surface area contributed by atoms with Crippen LogP contribution in [0.4, 0.5) is 15.6 Å². The molecule has 1 fully saturated rings. The van der Waals surface area contributed by atoms with Crippen LogP contribution in [0.2, 0.25) is 0 Å². The molecule has 2 aliphatic rings. The van der Waals surface area contributed by atoms with Gasteiger partial charge in [0.05, 0.1) is 18.7 Å². The van der Waals surface area contributed by atoms with E-state index in [1.54, 1.807) is 7.05 Å². The molecule has 216 valence electrons. The van der Waals surface area contributed by atoms with E-state index in [4.69, 9.17) is 14.6 Å². The maximum atomic E-state index is 12.8. The number of benzene rings is 2. The third-order valence-corrected chi connectivity index (χ3v) is 7.87. The number of hydrogen-bond acceptors (Lipinski definition) is 8. The van der Waals surface area contributed by atoms with Gasteiger partial charge in [-0.05, 0) is 68.5 Å². The van der Waals surface area contributed by atoms with Gasteiger partial charge in [-0.1, -0.05) is 18.2 Å². The molecule has 41 heavy (non-hydrogen) atoms. The highest BCUT2D eigenvalue weighted by Gasteiger charge is 2.36. The summed E-state index contributed by atoms with van der Waals surface area (Å²) in [7, 11) is 1.65. The van der Waals surface area contributed by atoms with Crippen LogP contribution in [0, 0.1) is 12.8 Å². The Balaban J connectivity index is 1.15. The Kier molecular flexibility index (Phi) is 8.84. The predicted octanol–water partition coefficient (Wildman–Crippen LogP) is 4.57. The van der Waals surface area contributed by atoms with E-state index in [0.29, 0.717) is 30.6 Å². The Labute approximate surface area is 243 Å². The van der Waals surface area contributed by atoms with Gasteiger partial charge in [-0.2, -0.15) is 0 Å². The lowest BCUT2D eigenvalue weighted by molar-refractivity contribution is -0.119. The smallest absolute Gasteiger partial charge is 0.426 e. The van der Waals surface area contributed by atoms with E-state index in [2.05, 4.69) is 16.7 Å². The summed E-state index contributed by atoms with van der Waals surface area (Å²) in [5.41, 5.74) is 4.82. The number of carbonyl (C=O) groups excluding carboxylic acids is 3. The third kappa shape index (κ3) is 7.22. The van der Waals surface area contributed by atoms with Crippen LogP contribution in [-0.4, -0.2) is 61.2 Å². The number of anilines is 2. The minimum absolute atomic E-state index is 0.166. The van der Waals surface area contributed by atoms with Gasteiger partial charge >= 0.3 is 6.09 Å². The van der Waals surface area contributed by atoms with Gasteiger partial charge in [-0.15, -0.1) is 16.4 Å². The van der Waals surface area contributed by atoms with E-state index >= 15 is 0 Å². The highest BCUT2D eigenvalue weighted by molar-refractivity contribution is 7.16. The Bertz CT molecular complexity index is 1440. The summed E-state index contributed by atoms with van der Waals surface area (Å²) in [6.45, 7) is 5.74. The predicted molar refractivity (Wildman–Crippen MR) is 158 cm³/mol. The van der Waals surface area contributed by atoms with E-state index in [1.165, 1.54) is 16.4 Å². The number of amides is 3. The Morgan fingerprint density at radius 3 is 2.78 bits per heavy atom. The zero-order chi connectivity index (χ0) is 28.9. The molecule has 0 spiro atoms. The summed E-state index contributed by atoms with van der Waals surface area (Å²) in [6, 6.07) is 13.5. The zero-order valence-corrected chi connectivity index (χ0v) is 24.4. The lowest BCUT2D eigenvalue weighted by Gasteiger charge is -2.17. The van der Waals surface area contributed by atoms with Crippen LogP contribution in [0.5, 0.6) is 5.75 Å². The van der Waals surface area contributed by atoms with Gasteiger partial charge in [0.25, 0.3) is 0 Å². The van der Waals surface area contributed by atoms with Crippen molar-refractivity contribution in [3.8, 4) is 17.0 Å². The minimum Gasteiger partial charge on any atom is -0.492 e. The normalized spacial score (nSPS) is 14.1. The number of carbonyl (C=O) groups is 3. The highest BCUT2D eigenvalue weighted by atomic mass is 32.1. The van der Waals surface area contributed by atoms with Crippen molar-refractivity contribution in [2.45, 2.75) is 39.5 Å². The van der Waals surface area contributed by atoms with Gasteiger partial charge in [-0.25, -0.2) is 9.78 Å². The zero-order valence-electron chi connectivity index (χ0n) is 23.6. The number of nitrogens with zero attached hydrogens (tertiary/aromatic N) is 3. The van der Waals surface area contributed by atoms with Crippen molar-refractivity contribution in [3.05, 3.63) is 58.5 Å². The van der Waals surface area contributed by atoms with Gasteiger partial charge < -0.3 is 25.1 Å². The number of aryl methyl sites for hydroxylation is 1. The number of hydrogen-bond donors (Lipinski definition) is 2. The van der Waals surface area contributed by atoms with Crippen molar-refractivity contribution in [1.29, 1.82) is 0 Å². The van der Waals surface area contributed by atoms with E-state index < -0.39 is 6.09 Å². The average molecular weight is 578 g/mol. The number of fused-ring (bicyclic) bond motifs is 1. The lowest BCUT2D eigenvalue weighted by Crippen LogP contribution is -2.33. The molecule has 2 N–H and O–H groups in total. The van der Waals surface area contributed by atoms with E-state index in [0.717, 1.165) is 58.8 Å². The summed E-state index contributed by atoms with van der Waals surface area (Å²) in [4.78, 5) is 49.7. The van der Waals surface area contributed by atoms with Crippen molar-refractivity contribution in [3.63, 3.8) is 0 Å². The van der Waals surface area contributed by atoms with Crippen molar-refractivity contribution in [2.24, 2.45) is 5.92 Å². The first-order valence-electron chi connectivity index (χ1n) is 13.9. The minimum atomic E-state index is -0.508. The summed E-state index contributed by atoms with van der Waals surface area (Å²) in [6.07, 6.45) is 2.52. The Morgan fingerprint density at radius 1 is 1.17 bits per heavy atom. The SMILES string of the molecule is CCNC(=O)ON(C)CCOc1cccc(CC(=O)Nc2nc(-c3ccc4c(c3)CCN4C(=O)C3CC3)c(C)s2)c1. The second-order valence-electron chi connectivity index (χ2n) is 10.3. The molecule has 5 rings (SSSR count). The number of thiazole rings is 1. The molecule has 1 aliphatic carbocycles. The van der Waals surface area contributed by atoms with Crippen LogP contribution in [-0.2, 0) is 27.3 Å². The number of nitrogens with one attached hydrogen (secondary N) is 2. The van der Waals surface area contributed by atoms with Gasteiger partial charge in [0.15, 0.2) is 5.13 Å². The van der Waals surface area contributed by atoms with Crippen LogP contribution in [0.25, 0.3) is 11.3 Å². The number of hydroxylamine groups is 2. The monoisotopic (exact) mass is 577 g/mol. The summed E-state index contributed by atoms with van der Waals surface area (Å²) >= 11 is 1.45. The molecule has 3 amide bonds. The number of likely N-dealkylation sites (N-methyl/N-ethyl adjacent to an activating group) is 1. The van der Waals surface area contributed by atoms with Gasteiger partial charge in [0.1, 0.15) is 12.4 Å². The van der Waals surface area contributed by atoms with Crippen molar-refractivity contribution < 1.29 is 24.0 Å². The molecule has 0 atom stereocenters. The number of aromatic nitrogens is 1. The molecule has 1 aliphatic heterocycles. The van der Waals surface area contributed by atoms with E-state index in [-0.39, 0.29) is 24.2 Å². The molecule has 2 heterocycles. The number of rotatable bonds is 11. The van der Waals surface area contributed by atoms with Crippen LogP contribution < -0.4 is 20.3 Å². The summed E-state index contributed by atoms with van der Waals surface area (Å²) in [5, 5.41) is 7.45. The fraction of sp³-hybridized carbons (Fsp3) is 0.400. The first-order chi connectivity index (χ1) is 19.8. The number of ether oxygens (including phenoxy) is 1. The topological polar surface area (TPSA) is 113 Å². The van der Waals surface area contributed by atoms with Gasteiger partial charge in [-0.3, -0.25) is 9.59 Å². The fourth-order valence-corrected chi connectivity index (χ4v) is 5.65. The lowest BCUT2D eigenvalue weighted by atomic mass is 10.1. The van der Waals surface area contributed by atoms with Gasteiger partial charge in [0.2, 0.25) is 11.8 Å². The van der Waals surface area contributed by atoms with Crippen LogP contribution in [0.1, 0.15) is 35.8 Å². The molecule has 0 bridgehead atoms. The van der Waals surface area contributed by atoms with Crippen molar-refractivity contribution >= 4 is 40.1 Å². The molecular formula is C30H35N5O5S. The molecule has 1 aromatic heterocycles. The highest BCUT2D eigenvalue weighted by Crippen LogP contribution is 2.39. The quantitative estimate of drug-likeness (QED) is 0.321. The second-order valence-corrected chi connectivity index (χ2v) is 11.5. The van der Waals surface area contributed by atoms with Crippen molar-refractivity contribution in [1.82, 2.24) is 15.4 Å². The maximum absolute atomic E-state index is 12.8. The molecule has 10 nitrogen and oxygen atoms in total. The first kappa shape index (κ1) is 28.6. The molecular weight excluding hydrogens is 542 g/mol. The largest absolute Gasteiger partial charge is 0.492 e. The molecule has 0 unspecified atom stereocenters. The van der Waals surface area contributed by atoms with Crippen molar-refractivity contribution in [2.75, 3.05) is 43.5 Å². The van der Waals surface area contributed by atoms with Crippen LogP contribution >= 0.6 is 11.3 Å².